The van der Waals surface area contributed by atoms with Crippen molar-refractivity contribution in [1.29, 1.82) is 0 Å². The summed E-state index contributed by atoms with van der Waals surface area (Å²) in [5.41, 5.74) is 1.52. The van der Waals surface area contributed by atoms with Crippen molar-refractivity contribution < 1.29 is 9.53 Å². The molecule has 0 bridgehead atoms. The molecular weight excluding hydrogens is 362 g/mol. The molecule has 0 amide bonds. The number of hydrogen-bond donors (Lipinski definition) is 0. The van der Waals surface area contributed by atoms with Crippen LogP contribution < -0.4 is 0 Å². The third-order valence-corrected chi connectivity index (χ3v) is 10.5. The number of ketones is 1. The molecule has 10 unspecified atom stereocenters. The van der Waals surface area contributed by atoms with E-state index >= 15 is 0 Å². The summed E-state index contributed by atoms with van der Waals surface area (Å²) in [4.78, 5) is 24.9. The maximum absolute atomic E-state index is 13.7. The van der Waals surface area contributed by atoms with Crippen LogP contribution in [0.1, 0.15) is 79.1 Å². The lowest BCUT2D eigenvalue weighted by Gasteiger charge is -2.59. The van der Waals surface area contributed by atoms with E-state index < -0.39 is 0 Å². The molecule has 0 radical (unpaired) electrons. The summed E-state index contributed by atoms with van der Waals surface area (Å²) >= 11 is 0. The first-order valence-corrected chi connectivity index (χ1v) is 11.9. The summed E-state index contributed by atoms with van der Waals surface area (Å²) < 4.78 is 6.54. The van der Waals surface area contributed by atoms with Crippen molar-refractivity contribution in [3.8, 4) is 0 Å². The molecule has 29 heavy (non-hydrogen) atoms. The number of fused-ring (bicyclic) bond motifs is 7. The van der Waals surface area contributed by atoms with E-state index in [2.05, 4.69) is 38.9 Å². The predicted octanol–water partition coefficient (Wildman–Crippen LogP) is 5.69. The molecule has 0 aromatic rings. The van der Waals surface area contributed by atoms with Crippen LogP contribution in [0.2, 0.25) is 0 Å². The quantitative estimate of drug-likeness (QED) is 0.442. The summed E-state index contributed by atoms with van der Waals surface area (Å²) in [6, 6.07) is -0.0281. The minimum atomic E-state index is -0.0281. The van der Waals surface area contributed by atoms with E-state index in [9.17, 15) is 9.70 Å². The second-order valence-electron chi connectivity index (χ2n) is 11.5. The average Bonchev–Trinajstić information content (AvgIpc) is 3.24. The average molecular weight is 400 g/mol. The fourth-order valence-electron chi connectivity index (χ4n) is 8.78. The van der Waals surface area contributed by atoms with Crippen molar-refractivity contribution in [1.82, 2.24) is 0 Å². The Hall–Kier alpha value is -1.03. The molecule has 0 aromatic carbocycles. The molecule has 5 fully saturated rings. The lowest BCUT2D eigenvalue weighted by atomic mass is 9.44. The zero-order valence-electron chi connectivity index (χ0n) is 18.5. The van der Waals surface area contributed by atoms with Crippen LogP contribution in [0, 0.1) is 45.3 Å². The standard InChI is InChI=1S/C25H37NO3/c1-5-14(2)21-12-19-22(29-21)11-18-17-7-6-15-10-16(26-28)8-9-24(15,3)23(17)20(27)13-25(18,19)4/h5,15-19,21-23H,6-13H2,1-4H3. The molecule has 4 aliphatic carbocycles. The normalized spacial score (nSPS) is 54.3. The molecule has 5 rings (SSSR count). The van der Waals surface area contributed by atoms with Crippen LogP contribution in [0.5, 0.6) is 0 Å². The molecule has 0 aromatic heterocycles. The number of rotatable bonds is 2. The molecule has 4 saturated carbocycles. The fourth-order valence-corrected chi connectivity index (χ4v) is 8.78. The van der Waals surface area contributed by atoms with Gasteiger partial charge in [0.2, 0.25) is 0 Å². The largest absolute Gasteiger partial charge is 0.370 e. The third kappa shape index (κ3) is 2.70. The summed E-state index contributed by atoms with van der Waals surface area (Å²) in [5.74, 6) is 2.86. The number of ether oxygens (including phenoxy) is 1. The molecule has 1 heterocycles. The van der Waals surface area contributed by atoms with Crippen molar-refractivity contribution in [3.05, 3.63) is 16.6 Å². The zero-order valence-corrected chi connectivity index (χ0v) is 18.5. The van der Waals surface area contributed by atoms with Gasteiger partial charge in [0.1, 0.15) is 5.78 Å². The van der Waals surface area contributed by atoms with E-state index in [4.69, 9.17) is 4.74 Å². The van der Waals surface area contributed by atoms with E-state index in [1.165, 1.54) is 12.0 Å². The highest BCUT2D eigenvalue weighted by atomic mass is 16.5. The Morgan fingerprint density at radius 1 is 1.10 bits per heavy atom. The molecule has 1 saturated heterocycles. The second-order valence-corrected chi connectivity index (χ2v) is 11.5. The van der Waals surface area contributed by atoms with Gasteiger partial charge >= 0.3 is 0 Å². The summed E-state index contributed by atoms with van der Waals surface area (Å²) in [6.45, 7) is 9.06. The van der Waals surface area contributed by atoms with E-state index in [0.717, 1.165) is 44.9 Å². The van der Waals surface area contributed by atoms with Crippen molar-refractivity contribution in [2.75, 3.05) is 0 Å². The van der Waals surface area contributed by atoms with Gasteiger partial charge in [0.05, 0.1) is 18.2 Å². The lowest BCUT2D eigenvalue weighted by molar-refractivity contribution is -0.158. The van der Waals surface area contributed by atoms with Gasteiger partial charge < -0.3 is 4.74 Å². The van der Waals surface area contributed by atoms with Crippen LogP contribution in [-0.2, 0) is 9.53 Å². The van der Waals surface area contributed by atoms with E-state index in [1.54, 1.807) is 0 Å². The Labute approximate surface area is 175 Å². The van der Waals surface area contributed by atoms with Crippen LogP contribution in [0.15, 0.2) is 16.8 Å². The van der Waals surface area contributed by atoms with E-state index in [1.807, 2.05) is 0 Å². The van der Waals surface area contributed by atoms with Gasteiger partial charge in [0.15, 0.2) is 0 Å². The topological polar surface area (TPSA) is 55.7 Å². The van der Waals surface area contributed by atoms with Gasteiger partial charge in [-0.05, 0) is 98.9 Å². The highest BCUT2D eigenvalue weighted by Gasteiger charge is 2.66. The summed E-state index contributed by atoms with van der Waals surface area (Å²) in [7, 11) is 0. The number of carbonyl (C=O) groups excluding carboxylic acids is 1. The molecule has 0 spiro atoms. The van der Waals surface area contributed by atoms with Crippen molar-refractivity contribution in [3.63, 3.8) is 0 Å². The molecular formula is C25H37NO3. The van der Waals surface area contributed by atoms with Crippen molar-refractivity contribution >= 4 is 5.78 Å². The second kappa shape index (κ2) is 6.73. The first kappa shape index (κ1) is 19.9. The molecule has 0 N–H and O–H groups in total. The minimum absolute atomic E-state index is 0.0281. The van der Waals surface area contributed by atoms with Gasteiger partial charge in [-0.3, -0.25) is 4.79 Å². The predicted molar refractivity (Wildman–Crippen MR) is 113 cm³/mol. The Kier molecular flexibility index (Phi) is 4.62. The van der Waals surface area contributed by atoms with Crippen LogP contribution in [0.25, 0.3) is 0 Å². The number of hydrogen-bond acceptors (Lipinski definition) is 4. The number of Topliss-reactive ketones (excluding diaryl/α,β-unsaturated/α-hetero) is 1. The molecule has 5 aliphatic rings. The molecule has 1 aliphatic heterocycles. The maximum atomic E-state index is 13.7. The van der Waals surface area contributed by atoms with Crippen molar-refractivity contribution in [2.45, 2.75) is 97.3 Å². The summed E-state index contributed by atoms with van der Waals surface area (Å²) in [6.07, 6.45) is 10.8. The SMILES string of the molecule is CC=C(C)C1CC2C(CC3C4CCC5CC(N=O)CCC5(C)C4C(=O)CC23C)O1. The smallest absolute Gasteiger partial charge is 0.137 e. The third-order valence-electron chi connectivity index (χ3n) is 10.5. The fraction of sp³-hybridized carbons (Fsp3) is 0.880. The van der Waals surface area contributed by atoms with Gasteiger partial charge in [-0.2, -0.15) is 4.91 Å². The summed E-state index contributed by atoms with van der Waals surface area (Å²) in [5, 5.41) is 3.37. The van der Waals surface area contributed by atoms with Gasteiger partial charge in [-0.15, -0.1) is 0 Å². The van der Waals surface area contributed by atoms with Crippen molar-refractivity contribution in [2.24, 2.45) is 45.6 Å². The van der Waals surface area contributed by atoms with Gasteiger partial charge in [-0.1, -0.05) is 25.1 Å². The monoisotopic (exact) mass is 399 g/mol. The highest BCUT2D eigenvalue weighted by molar-refractivity contribution is 5.84. The molecule has 4 heteroatoms. The van der Waals surface area contributed by atoms with Gasteiger partial charge in [-0.25, -0.2) is 0 Å². The Balaban J connectivity index is 1.42. The number of nitrogens with zero attached hydrogens (tertiary/aromatic N) is 1. The van der Waals surface area contributed by atoms with E-state index in [-0.39, 0.29) is 28.9 Å². The van der Waals surface area contributed by atoms with Crippen LogP contribution in [-0.4, -0.2) is 24.0 Å². The number of nitroso groups, excluding NO2 is 1. The Morgan fingerprint density at radius 2 is 1.90 bits per heavy atom. The maximum Gasteiger partial charge on any atom is 0.137 e. The molecule has 160 valence electrons. The Morgan fingerprint density at radius 3 is 2.62 bits per heavy atom. The minimum Gasteiger partial charge on any atom is -0.370 e. The number of carbonyl (C=O) groups is 1. The molecule has 4 nitrogen and oxygen atoms in total. The van der Waals surface area contributed by atoms with E-state index in [0.29, 0.717) is 35.6 Å². The van der Waals surface area contributed by atoms with Gasteiger partial charge in [0, 0.05) is 12.3 Å². The lowest BCUT2D eigenvalue weighted by Crippen LogP contribution is -2.57. The highest BCUT2D eigenvalue weighted by Crippen LogP contribution is 2.68. The van der Waals surface area contributed by atoms with Crippen LogP contribution in [0.3, 0.4) is 0 Å². The zero-order chi connectivity index (χ0) is 20.6. The first-order chi connectivity index (χ1) is 13.8. The Bertz CT molecular complexity index is 746. The first-order valence-electron chi connectivity index (χ1n) is 11.9. The number of allylic oxidation sites excluding steroid dienone is 1. The van der Waals surface area contributed by atoms with Crippen LogP contribution >= 0.6 is 0 Å². The molecule has 10 atom stereocenters. The van der Waals surface area contributed by atoms with Crippen LogP contribution in [0.4, 0.5) is 0 Å². The van der Waals surface area contributed by atoms with Gasteiger partial charge in [0.25, 0.3) is 0 Å².